The highest BCUT2D eigenvalue weighted by Gasteiger charge is 2.28. The molecule has 1 amide bonds. The van der Waals surface area contributed by atoms with Crippen molar-refractivity contribution in [1.29, 1.82) is 0 Å². The number of hydrogen-bond acceptors (Lipinski definition) is 6. The van der Waals surface area contributed by atoms with Gasteiger partial charge in [0, 0.05) is 0 Å². The van der Waals surface area contributed by atoms with Gasteiger partial charge < -0.3 is 9.84 Å². The number of nitrogens with zero attached hydrogens (tertiary/aromatic N) is 3. The van der Waals surface area contributed by atoms with Crippen LogP contribution < -0.4 is 5.32 Å². The van der Waals surface area contributed by atoms with Gasteiger partial charge in [0.15, 0.2) is 0 Å². The summed E-state index contributed by atoms with van der Waals surface area (Å²) in [6.45, 7) is 6.25. The molecule has 0 aliphatic heterocycles. The summed E-state index contributed by atoms with van der Waals surface area (Å²) in [5.41, 5.74) is -0.894. The predicted octanol–water partition coefficient (Wildman–Crippen LogP) is 1.44. The van der Waals surface area contributed by atoms with E-state index in [1.54, 1.807) is 20.8 Å². The fourth-order valence-electron chi connectivity index (χ4n) is 1.57. The average molecular weight is 286 g/mol. The van der Waals surface area contributed by atoms with E-state index in [0.717, 1.165) is 4.68 Å². The van der Waals surface area contributed by atoms with Crippen molar-refractivity contribution in [2.24, 2.45) is 0 Å². The molecule has 1 rings (SSSR count). The lowest BCUT2D eigenvalue weighted by Crippen LogP contribution is -2.28. The number of carbonyl (C=O) groups excluding carboxylic acids is 1. The molecule has 0 aliphatic carbocycles. The second-order valence-corrected chi connectivity index (χ2v) is 5.11. The van der Waals surface area contributed by atoms with E-state index in [-0.39, 0.29) is 30.4 Å². The number of nitro groups is 1. The topological polar surface area (TPSA) is 120 Å². The van der Waals surface area contributed by atoms with Crippen LogP contribution in [0.1, 0.15) is 26.5 Å². The summed E-state index contributed by atoms with van der Waals surface area (Å²) in [6, 6.07) is 0. The Hall–Kier alpha value is -2.16. The first kappa shape index (κ1) is 15.9. The lowest BCUT2D eigenvalue weighted by atomic mass is 10.2. The number of carbonyl (C=O) groups is 1. The maximum Gasteiger partial charge on any atom is 0.413 e. The molecule has 0 atom stereocenters. The Balaban J connectivity index is 3.08. The van der Waals surface area contributed by atoms with E-state index in [4.69, 9.17) is 9.84 Å². The molecule has 0 spiro atoms. The molecule has 1 aromatic rings. The minimum atomic E-state index is -0.820. The lowest BCUT2D eigenvalue weighted by Gasteiger charge is -2.19. The normalized spacial score (nSPS) is 11.2. The largest absolute Gasteiger partial charge is 0.444 e. The van der Waals surface area contributed by atoms with Crippen LogP contribution in [-0.2, 0) is 11.3 Å². The summed E-state index contributed by atoms with van der Waals surface area (Å²) in [6.07, 6.45) is -0.820. The zero-order valence-electron chi connectivity index (χ0n) is 11.8. The summed E-state index contributed by atoms with van der Waals surface area (Å²) in [5, 5.41) is 26.2. The third-order valence-corrected chi connectivity index (χ3v) is 2.21. The van der Waals surface area contributed by atoms with Crippen LogP contribution in [0.25, 0.3) is 0 Å². The number of aromatic nitrogens is 2. The number of aliphatic hydroxyl groups is 1. The fourth-order valence-corrected chi connectivity index (χ4v) is 1.57. The Morgan fingerprint density at radius 2 is 2.15 bits per heavy atom. The number of anilines is 1. The zero-order valence-corrected chi connectivity index (χ0v) is 11.8. The first-order valence-electron chi connectivity index (χ1n) is 5.98. The van der Waals surface area contributed by atoms with E-state index >= 15 is 0 Å². The van der Waals surface area contributed by atoms with Crippen molar-refractivity contribution < 1.29 is 19.6 Å². The quantitative estimate of drug-likeness (QED) is 0.638. The van der Waals surface area contributed by atoms with Gasteiger partial charge in [0.25, 0.3) is 0 Å². The van der Waals surface area contributed by atoms with Gasteiger partial charge in [0.1, 0.15) is 11.3 Å². The Morgan fingerprint density at radius 1 is 1.55 bits per heavy atom. The van der Waals surface area contributed by atoms with Gasteiger partial charge in [0.05, 0.1) is 18.1 Å². The number of hydrogen-bond donors (Lipinski definition) is 2. The van der Waals surface area contributed by atoms with Gasteiger partial charge in [-0.15, -0.1) is 0 Å². The van der Waals surface area contributed by atoms with E-state index in [0.29, 0.717) is 0 Å². The van der Waals surface area contributed by atoms with Crippen molar-refractivity contribution in [2.45, 2.75) is 39.8 Å². The maximum absolute atomic E-state index is 11.7. The van der Waals surface area contributed by atoms with Crippen LogP contribution in [0, 0.1) is 17.0 Å². The van der Waals surface area contributed by atoms with E-state index in [1.165, 1.54) is 6.92 Å². The molecular formula is C11H18N4O5. The van der Waals surface area contributed by atoms with Crippen LogP contribution in [0.4, 0.5) is 16.3 Å². The second kappa shape index (κ2) is 5.87. The fraction of sp³-hybridized carbons (Fsp3) is 0.636. The smallest absolute Gasteiger partial charge is 0.413 e. The summed E-state index contributed by atoms with van der Waals surface area (Å²) in [5.74, 6) is -0.101. The van der Waals surface area contributed by atoms with Crippen LogP contribution in [0.3, 0.4) is 0 Å². The molecule has 112 valence electrons. The minimum Gasteiger partial charge on any atom is -0.444 e. The molecule has 0 bridgehead atoms. The summed E-state index contributed by atoms with van der Waals surface area (Å²) in [4.78, 5) is 22.1. The van der Waals surface area contributed by atoms with Gasteiger partial charge >= 0.3 is 11.8 Å². The van der Waals surface area contributed by atoms with Crippen molar-refractivity contribution in [2.75, 3.05) is 11.9 Å². The van der Waals surface area contributed by atoms with Gasteiger partial charge in [-0.2, -0.15) is 5.10 Å². The van der Waals surface area contributed by atoms with Crippen molar-refractivity contribution in [3.8, 4) is 0 Å². The van der Waals surface area contributed by atoms with E-state index < -0.39 is 16.6 Å². The first-order valence-corrected chi connectivity index (χ1v) is 5.98. The lowest BCUT2D eigenvalue weighted by molar-refractivity contribution is -0.384. The van der Waals surface area contributed by atoms with Crippen LogP contribution in [0.5, 0.6) is 0 Å². The number of aliphatic hydroxyl groups excluding tert-OH is 1. The molecule has 0 saturated carbocycles. The van der Waals surface area contributed by atoms with Crippen LogP contribution in [0.15, 0.2) is 0 Å². The van der Waals surface area contributed by atoms with Crippen molar-refractivity contribution in [3.63, 3.8) is 0 Å². The zero-order chi connectivity index (χ0) is 15.5. The van der Waals surface area contributed by atoms with E-state index in [9.17, 15) is 14.9 Å². The SMILES string of the molecule is Cc1nn(CCO)c(NC(=O)OC(C)(C)C)c1[N+](=O)[O-]. The molecule has 2 N–H and O–H groups in total. The summed E-state index contributed by atoms with van der Waals surface area (Å²) in [7, 11) is 0. The van der Waals surface area contributed by atoms with E-state index in [1.807, 2.05) is 0 Å². The Bertz CT molecular complexity index is 518. The Labute approximate surface area is 115 Å². The van der Waals surface area contributed by atoms with Crippen LogP contribution >= 0.6 is 0 Å². The molecule has 9 nitrogen and oxygen atoms in total. The Kier molecular flexibility index (Phi) is 4.66. The maximum atomic E-state index is 11.7. The Morgan fingerprint density at radius 3 is 2.60 bits per heavy atom. The first-order chi connectivity index (χ1) is 9.15. The highest BCUT2D eigenvalue weighted by molar-refractivity contribution is 5.87. The predicted molar refractivity (Wildman–Crippen MR) is 70.6 cm³/mol. The highest BCUT2D eigenvalue weighted by atomic mass is 16.6. The molecule has 20 heavy (non-hydrogen) atoms. The minimum absolute atomic E-state index is 0.0276. The summed E-state index contributed by atoms with van der Waals surface area (Å²) >= 11 is 0. The van der Waals surface area contributed by atoms with Gasteiger partial charge in [-0.25, -0.2) is 9.48 Å². The number of rotatable bonds is 4. The molecule has 9 heteroatoms. The van der Waals surface area contributed by atoms with Gasteiger partial charge in [-0.1, -0.05) is 0 Å². The van der Waals surface area contributed by atoms with Crippen molar-refractivity contribution in [1.82, 2.24) is 9.78 Å². The molecule has 0 saturated heterocycles. The molecule has 0 aliphatic rings. The van der Waals surface area contributed by atoms with Crippen molar-refractivity contribution >= 4 is 17.6 Å². The van der Waals surface area contributed by atoms with Crippen LogP contribution in [0.2, 0.25) is 0 Å². The molecule has 1 heterocycles. The highest BCUT2D eigenvalue weighted by Crippen LogP contribution is 2.28. The monoisotopic (exact) mass is 286 g/mol. The molecule has 0 radical (unpaired) electrons. The number of nitrogens with one attached hydrogen (secondary N) is 1. The molecule has 0 aromatic carbocycles. The molecule has 0 unspecified atom stereocenters. The van der Waals surface area contributed by atoms with Gasteiger partial charge in [-0.3, -0.25) is 15.4 Å². The number of amides is 1. The molecule has 1 aromatic heterocycles. The number of ether oxygens (including phenoxy) is 1. The second-order valence-electron chi connectivity index (χ2n) is 5.11. The van der Waals surface area contributed by atoms with Gasteiger partial charge in [0.2, 0.25) is 5.82 Å². The average Bonchev–Trinajstić information content (AvgIpc) is 2.52. The molecule has 0 fully saturated rings. The third-order valence-electron chi connectivity index (χ3n) is 2.21. The summed E-state index contributed by atoms with van der Waals surface area (Å²) < 4.78 is 6.21. The standard InChI is InChI=1S/C11H18N4O5/c1-7-8(15(18)19)9(14(13-7)5-6-16)12-10(17)20-11(2,3)4/h16H,5-6H2,1-4H3,(H,12,17). The third kappa shape index (κ3) is 3.92. The van der Waals surface area contributed by atoms with Gasteiger partial charge in [-0.05, 0) is 27.7 Å². The van der Waals surface area contributed by atoms with Crippen LogP contribution in [-0.4, -0.2) is 38.1 Å². The molecular weight excluding hydrogens is 268 g/mol. The van der Waals surface area contributed by atoms with E-state index in [2.05, 4.69) is 10.4 Å². The number of aryl methyl sites for hydroxylation is 1. The van der Waals surface area contributed by atoms with Crippen molar-refractivity contribution in [3.05, 3.63) is 15.8 Å².